The van der Waals surface area contributed by atoms with Gasteiger partial charge in [0.25, 0.3) is 5.91 Å². The van der Waals surface area contributed by atoms with Crippen LogP contribution < -0.4 is 10.6 Å². The number of rotatable bonds is 3. The average Bonchev–Trinajstić information content (AvgIpc) is 2.43. The number of aromatic nitrogens is 1. The number of halogens is 2. The minimum Gasteiger partial charge on any atom is -0.373 e. The summed E-state index contributed by atoms with van der Waals surface area (Å²) < 4.78 is 13.4. The van der Waals surface area contributed by atoms with Crippen LogP contribution in [0.4, 0.5) is 15.9 Å². The number of pyridine rings is 1. The van der Waals surface area contributed by atoms with Crippen LogP contribution in [0.2, 0.25) is 0 Å². The molecule has 0 aliphatic heterocycles. The van der Waals surface area contributed by atoms with Gasteiger partial charge < -0.3 is 10.6 Å². The molecule has 0 saturated heterocycles. The summed E-state index contributed by atoms with van der Waals surface area (Å²) in [7, 11) is 1.72. The number of hydrogen-bond acceptors (Lipinski definition) is 3. The molecule has 0 spiro atoms. The van der Waals surface area contributed by atoms with Crippen molar-refractivity contribution in [1.29, 1.82) is 0 Å². The van der Waals surface area contributed by atoms with Crippen LogP contribution in [0.3, 0.4) is 0 Å². The van der Waals surface area contributed by atoms with Crippen LogP contribution in [0, 0.1) is 5.82 Å². The second kappa shape index (κ2) is 5.79. The molecule has 0 fully saturated rings. The molecule has 0 radical (unpaired) electrons. The zero-order valence-electron chi connectivity index (χ0n) is 10.1. The molecule has 0 saturated carbocycles. The van der Waals surface area contributed by atoms with Crippen LogP contribution in [0.25, 0.3) is 0 Å². The third kappa shape index (κ3) is 3.29. The van der Waals surface area contributed by atoms with E-state index in [0.717, 1.165) is 0 Å². The molecule has 0 aliphatic carbocycles. The lowest BCUT2D eigenvalue weighted by Gasteiger charge is -2.06. The third-order valence-electron chi connectivity index (χ3n) is 2.42. The van der Waals surface area contributed by atoms with E-state index in [0.29, 0.717) is 16.0 Å². The summed E-state index contributed by atoms with van der Waals surface area (Å²) >= 11 is 3.06. The van der Waals surface area contributed by atoms with Gasteiger partial charge in [-0.1, -0.05) is 6.07 Å². The summed E-state index contributed by atoms with van der Waals surface area (Å²) in [6.07, 6.45) is 0. The van der Waals surface area contributed by atoms with Crippen molar-refractivity contribution in [2.24, 2.45) is 0 Å². The number of amides is 1. The van der Waals surface area contributed by atoms with Gasteiger partial charge in [-0.05, 0) is 46.3 Å². The van der Waals surface area contributed by atoms with Gasteiger partial charge >= 0.3 is 0 Å². The summed E-state index contributed by atoms with van der Waals surface area (Å²) in [5.74, 6) is -0.128. The molecule has 1 aromatic heterocycles. The first kappa shape index (κ1) is 13.5. The maximum Gasteiger partial charge on any atom is 0.274 e. The second-order valence-electron chi connectivity index (χ2n) is 3.74. The number of carbonyl (C=O) groups is 1. The van der Waals surface area contributed by atoms with Gasteiger partial charge in [0.05, 0.1) is 4.47 Å². The van der Waals surface area contributed by atoms with E-state index in [-0.39, 0.29) is 17.4 Å². The van der Waals surface area contributed by atoms with Gasteiger partial charge in [-0.3, -0.25) is 4.79 Å². The molecule has 2 aromatic rings. The van der Waals surface area contributed by atoms with Gasteiger partial charge in [0.2, 0.25) is 0 Å². The maximum atomic E-state index is 13.1. The second-order valence-corrected chi connectivity index (χ2v) is 4.60. The van der Waals surface area contributed by atoms with E-state index in [1.807, 2.05) is 0 Å². The Labute approximate surface area is 118 Å². The number of nitrogens with one attached hydrogen (secondary N) is 2. The van der Waals surface area contributed by atoms with Crippen LogP contribution in [0.1, 0.15) is 10.5 Å². The van der Waals surface area contributed by atoms with Crippen molar-refractivity contribution < 1.29 is 9.18 Å². The van der Waals surface area contributed by atoms with Gasteiger partial charge in [-0.2, -0.15) is 0 Å². The van der Waals surface area contributed by atoms with Gasteiger partial charge in [0.1, 0.15) is 17.3 Å². The quantitative estimate of drug-likeness (QED) is 0.911. The first-order valence-electron chi connectivity index (χ1n) is 5.51. The molecule has 1 heterocycles. The molecule has 1 aromatic carbocycles. The van der Waals surface area contributed by atoms with Crippen molar-refractivity contribution in [3.05, 3.63) is 52.4 Å². The summed E-state index contributed by atoms with van der Waals surface area (Å²) in [5.41, 5.74) is 0.780. The van der Waals surface area contributed by atoms with Crippen molar-refractivity contribution in [3.63, 3.8) is 0 Å². The highest BCUT2D eigenvalue weighted by molar-refractivity contribution is 9.10. The van der Waals surface area contributed by atoms with Gasteiger partial charge in [-0.15, -0.1) is 0 Å². The van der Waals surface area contributed by atoms with Crippen molar-refractivity contribution in [2.45, 2.75) is 0 Å². The van der Waals surface area contributed by atoms with Crippen LogP contribution in [-0.4, -0.2) is 17.9 Å². The Morgan fingerprint density at radius 2 is 2.11 bits per heavy atom. The maximum absolute atomic E-state index is 13.1. The highest BCUT2D eigenvalue weighted by atomic mass is 79.9. The van der Waals surface area contributed by atoms with E-state index in [1.165, 1.54) is 18.2 Å². The number of benzene rings is 1. The fraction of sp³-hybridized carbons (Fsp3) is 0.0769. The van der Waals surface area contributed by atoms with E-state index in [1.54, 1.807) is 25.2 Å². The summed E-state index contributed by atoms with van der Waals surface area (Å²) in [5, 5.41) is 5.51. The SMILES string of the molecule is CNc1cccc(C(=O)Nc2ccc(F)c(Br)c2)n1. The lowest BCUT2D eigenvalue weighted by atomic mass is 10.3. The van der Waals surface area contributed by atoms with E-state index in [2.05, 4.69) is 31.5 Å². The van der Waals surface area contributed by atoms with Crippen molar-refractivity contribution in [2.75, 3.05) is 17.7 Å². The first-order valence-corrected chi connectivity index (χ1v) is 6.30. The molecule has 6 heteroatoms. The molecule has 0 aliphatic rings. The Morgan fingerprint density at radius 1 is 1.32 bits per heavy atom. The molecule has 2 rings (SSSR count). The Hall–Kier alpha value is -1.95. The molecule has 19 heavy (non-hydrogen) atoms. The van der Waals surface area contributed by atoms with E-state index in [9.17, 15) is 9.18 Å². The number of nitrogens with zero attached hydrogens (tertiary/aromatic N) is 1. The smallest absolute Gasteiger partial charge is 0.274 e. The normalized spacial score (nSPS) is 10.1. The van der Waals surface area contributed by atoms with E-state index in [4.69, 9.17) is 0 Å². The first-order chi connectivity index (χ1) is 9.10. The molecular formula is C13H11BrFN3O. The number of anilines is 2. The Bertz CT molecular complexity index is 619. The fourth-order valence-corrected chi connectivity index (χ4v) is 1.85. The molecule has 0 unspecified atom stereocenters. The van der Waals surface area contributed by atoms with Crippen LogP contribution >= 0.6 is 15.9 Å². The molecule has 2 N–H and O–H groups in total. The summed E-state index contributed by atoms with van der Waals surface area (Å²) in [6.45, 7) is 0. The summed E-state index contributed by atoms with van der Waals surface area (Å²) in [6, 6.07) is 9.35. The molecule has 1 amide bonds. The lowest BCUT2D eigenvalue weighted by molar-refractivity contribution is 0.102. The van der Waals surface area contributed by atoms with Gasteiger partial charge in [-0.25, -0.2) is 9.37 Å². The largest absolute Gasteiger partial charge is 0.373 e. The highest BCUT2D eigenvalue weighted by Crippen LogP contribution is 2.20. The third-order valence-corrected chi connectivity index (χ3v) is 3.02. The van der Waals surface area contributed by atoms with Crippen LogP contribution in [0.5, 0.6) is 0 Å². The molecular weight excluding hydrogens is 313 g/mol. The highest BCUT2D eigenvalue weighted by Gasteiger charge is 2.09. The molecule has 0 atom stereocenters. The molecule has 4 nitrogen and oxygen atoms in total. The zero-order chi connectivity index (χ0) is 13.8. The zero-order valence-corrected chi connectivity index (χ0v) is 11.7. The van der Waals surface area contributed by atoms with E-state index < -0.39 is 0 Å². The average molecular weight is 324 g/mol. The van der Waals surface area contributed by atoms with Crippen molar-refractivity contribution >= 4 is 33.3 Å². The topological polar surface area (TPSA) is 54.0 Å². The monoisotopic (exact) mass is 323 g/mol. The molecule has 0 bridgehead atoms. The minimum absolute atomic E-state index is 0.285. The van der Waals surface area contributed by atoms with Gasteiger partial charge in [0, 0.05) is 12.7 Å². The predicted octanol–water partition coefficient (Wildman–Crippen LogP) is 3.28. The van der Waals surface area contributed by atoms with Crippen molar-refractivity contribution in [1.82, 2.24) is 4.98 Å². The standard InChI is InChI=1S/C13H11BrFN3O/c1-16-12-4-2-3-11(18-12)13(19)17-8-5-6-10(15)9(14)7-8/h2-7H,1H3,(H,16,18)(H,17,19). The number of hydrogen-bond donors (Lipinski definition) is 2. The number of carbonyl (C=O) groups excluding carboxylic acids is 1. The lowest BCUT2D eigenvalue weighted by Crippen LogP contribution is -2.14. The van der Waals surface area contributed by atoms with E-state index >= 15 is 0 Å². The van der Waals surface area contributed by atoms with Gasteiger partial charge in [0.15, 0.2) is 0 Å². The Kier molecular flexibility index (Phi) is 4.11. The van der Waals surface area contributed by atoms with Crippen LogP contribution in [0.15, 0.2) is 40.9 Å². The fourth-order valence-electron chi connectivity index (χ4n) is 1.47. The van der Waals surface area contributed by atoms with Crippen molar-refractivity contribution in [3.8, 4) is 0 Å². The summed E-state index contributed by atoms with van der Waals surface area (Å²) in [4.78, 5) is 16.1. The van der Waals surface area contributed by atoms with Crippen LogP contribution in [-0.2, 0) is 0 Å². The Morgan fingerprint density at radius 3 is 2.79 bits per heavy atom. The predicted molar refractivity (Wildman–Crippen MR) is 75.8 cm³/mol. The molecule has 98 valence electrons. The minimum atomic E-state index is -0.381. The Balaban J connectivity index is 2.18.